The van der Waals surface area contributed by atoms with Crippen molar-refractivity contribution in [3.8, 4) is 11.3 Å². The summed E-state index contributed by atoms with van der Waals surface area (Å²) >= 11 is 1.34. The van der Waals surface area contributed by atoms with Crippen molar-refractivity contribution in [1.82, 2.24) is 15.2 Å². The second-order valence-electron chi connectivity index (χ2n) is 7.58. The third-order valence-corrected chi connectivity index (χ3v) is 6.16. The van der Waals surface area contributed by atoms with E-state index in [0.29, 0.717) is 18.0 Å². The van der Waals surface area contributed by atoms with Crippen LogP contribution in [0, 0.1) is 0 Å². The van der Waals surface area contributed by atoms with Gasteiger partial charge in [-0.3, -0.25) is 19.4 Å². The van der Waals surface area contributed by atoms with Gasteiger partial charge < -0.3 is 5.32 Å². The summed E-state index contributed by atoms with van der Waals surface area (Å²) < 4.78 is 0. The zero-order valence-corrected chi connectivity index (χ0v) is 18.8. The van der Waals surface area contributed by atoms with Gasteiger partial charge >= 0.3 is 6.03 Å². The van der Waals surface area contributed by atoms with Crippen LogP contribution in [0.15, 0.2) is 48.4 Å². The van der Waals surface area contributed by atoms with Gasteiger partial charge in [0.25, 0.3) is 5.91 Å². The molecule has 0 spiro atoms. The molecule has 164 valence electrons. The fraction of sp³-hybridized carbons (Fsp3) is 0.391. The standard InChI is InChI=1S/C23H28N4O3S/c1-4-12-23(13-5-2)20(29)27(21(30)25-23)15-19(28)26(14-6-3)22-24-18(16-31-22)17-10-8-7-9-11-17/h6-11,16H,3-5,12-15H2,1-2H3,(H,25,30). The first kappa shape index (κ1) is 22.7. The number of thiazole rings is 1. The molecule has 0 radical (unpaired) electrons. The first-order valence-electron chi connectivity index (χ1n) is 10.5. The molecule has 2 aromatic rings. The average molecular weight is 441 g/mol. The number of aromatic nitrogens is 1. The van der Waals surface area contributed by atoms with Crippen LogP contribution >= 0.6 is 11.3 Å². The highest BCUT2D eigenvalue weighted by Crippen LogP contribution is 2.30. The van der Waals surface area contributed by atoms with Gasteiger partial charge in [-0.25, -0.2) is 9.78 Å². The molecule has 3 rings (SSSR count). The number of benzene rings is 1. The molecule has 7 nitrogen and oxygen atoms in total. The lowest BCUT2D eigenvalue weighted by Gasteiger charge is -2.26. The zero-order valence-electron chi connectivity index (χ0n) is 18.0. The second kappa shape index (κ2) is 9.87. The van der Waals surface area contributed by atoms with Crippen LogP contribution in [0.1, 0.15) is 39.5 Å². The smallest absolute Gasteiger partial charge is 0.323 e. The summed E-state index contributed by atoms with van der Waals surface area (Å²) in [6.07, 6.45) is 4.24. The molecule has 1 saturated heterocycles. The van der Waals surface area contributed by atoms with Crippen LogP contribution in [0.4, 0.5) is 9.93 Å². The number of nitrogens with zero attached hydrogens (tertiary/aromatic N) is 3. The zero-order chi connectivity index (χ0) is 22.4. The first-order valence-corrected chi connectivity index (χ1v) is 11.4. The van der Waals surface area contributed by atoms with Gasteiger partial charge in [0.1, 0.15) is 12.1 Å². The molecule has 1 aromatic carbocycles. The third-order valence-electron chi connectivity index (χ3n) is 5.30. The van der Waals surface area contributed by atoms with E-state index >= 15 is 0 Å². The quantitative estimate of drug-likeness (QED) is 0.443. The topological polar surface area (TPSA) is 82.6 Å². The van der Waals surface area contributed by atoms with Crippen molar-refractivity contribution in [2.75, 3.05) is 18.0 Å². The molecule has 0 atom stereocenters. The molecule has 1 aliphatic heterocycles. The van der Waals surface area contributed by atoms with Crippen molar-refractivity contribution in [3.05, 3.63) is 48.4 Å². The largest absolute Gasteiger partial charge is 0.325 e. The van der Waals surface area contributed by atoms with Crippen molar-refractivity contribution >= 4 is 34.3 Å². The Hall–Kier alpha value is -3.00. The number of imide groups is 1. The van der Waals surface area contributed by atoms with E-state index in [1.807, 2.05) is 49.6 Å². The molecule has 2 heterocycles. The van der Waals surface area contributed by atoms with E-state index in [1.54, 1.807) is 6.08 Å². The molecular formula is C23H28N4O3S. The summed E-state index contributed by atoms with van der Waals surface area (Å²) in [7, 11) is 0. The highest BCUT2D eigenvalue weighted by atomic mass is 32.1. The molecule has 4 amide bonds. The van der Waals surface area contributed by atoms with E-state index in [9.17, 15) is 14.4 Å². The Morgan fingerprint density at radius 2 is 1.90 bits per heavy atom. The van der Waals surface area contributed by atoms with Gasteiger partial charge in [-0.2, -0.15) is 0 Å². The Kier molecular flexibility index (Phi) is 7.22. The molecule has 1 aromatic heterocycles. The van der Waals surface area contributed by atoms with Gasteiger partial charge in [0.05, 0.1) is 5.69 Å². The number of hydrogen-bond acceptors (Lipinski definition) is 5. The van der Waals surface area contributed by atoms with E-state index in [4.69, 9.17) is 0 Å². The van der Waals surface area contributed by atoms with Crippen molar-refractivity contribution in [2.45, 2.75) is 45.1 Å². The Morgan fingerprint density at radius 1 is 1.23 bits per heavy atom. The highest BCUT2D eigenvalue weighted by molar-refractivity contribution is 7.14. The maximum Gasteiger partial charge on any atom is 0.325 e. The Morgan fingerprint density at radius 3 is 2.52 bits per heavy atom. The number of carbonyl (C=O) groups is 3. The van der Waals surface area contributed by atoms with Crippen LogP contribution in [-0.4, -0.2) is 46.4 Å². The van der Waals surface area contributed by atoms with Gasteiger partial charge in [-0.05, 0) is 12.8 Å². The minimum absolute atomic E-state index is 0.235. The number of anilines is 1. The summed E-state index contributed by atoms with van der Waals surface area (Å²) in [6, 6.07) is 9.18. The van der Waals surface area contributed by atoms with E-state index in [-0.39, 0.29) is 24.9 Å². The highest BCUT2D eigenvalue weighted by Gasteiger charge is 2.50. The number of carbonyl (C=O) groups excluding carboxylic acids is 3. The second-order valence-corrected chi connectivity index (χ2v) is 8.41. The monoisotopic (exact) mass is 440 g/mol. The maximum absolute atomic E-state index is 13.1. The lowest BCUT2D eigenvalue weighted by molar-refractivity contribution is -0.134. The van der Waals surface area contributed by atoms with Crippen LogP contribution in [0.2, 0.25) is 0 Å². The fourth-order valence-corrected chi connectivity index (χ4v) is 4.76. The SMILES string of the molecule is C=CCN(C(=O)CN1C(=O)NC(CCC)(CCC)C1=O)c1nc(-c2ccccc2)cs1. The van der Waals surface area contributed by atoms with Crippen LogP contribution in [0.5, 0.6) is 0 Å². The minimum atomic E-state index is -0.911. The molecule has 31 heavy (non-hydrogen) atoms. The maximum atomic E-state index is 13.1. The van der Waals surface area contributed by atoms with E-state index in [2.05, 4.69) is 16.9 Å². The molecule has 1 N–H and O–H groups in total. The summed E-state index contributed by atoms with van der Waals surface area (Å²) in [6.45, 7) is 7.59. The van der Waals surface area contributed by atoms with Gasteiger partial charge in [0.15, 0.2) is 5.13 Å². The molecule has 0 unspecified atom stereocenters. The van der Waals surface area contributed by atoms with Crippen LogP contribution in [0.3, 0.4) is 0 Å². The van der Waals surface area contributed by atoms with E-state index in [0.717, 1.165) is 29.0 Å². The van der Waals surface area contributed by atoms with Crippen molar-refractivity contribution in [1.29, 1.82) is 0 Å². The molecule has 8 heteroatoms. The minimum Gasteiger partial charge on any atom is -0.323 e. The normalized spacial score (nSPS) is 15.1. The number of rotatable bonds is 10. The molecule has 0 bridgehead atoms. The summed E-state index contributed by atoms with van der Waals surface area (Å²) in [5.41, 5.74) is 0.808. The van der Waals surface area contributed by atoms with Crippen LogP contribution < -0.4 is 10.2 Å². The number of urea groups is 1. The number of hydrogen-bond donors (Lipinski definition) is 1. The first-order chi connectivity index (χ1) is 15.0. The van der Waals surface area contributed by atoms with Crippen molar-refractivity contribution in [2.24, 2.45) is 0 Å². The predicted molar refractivity (Wildman–Crippen MR) is 123 cm³/mol. The lowest BCUT2D eigenvalue weighted by atomic mass is 9.88. The Labute approximate surface area is 186 Å². The van der Waals surface area contributed by atoms with Gasteiger partial charge in [0, 0.05) is 17.5 Å². The lowest BCUT2D eigenvalue weighted by Crippen LogP contribution is -2.48. The van der Waals surface area contributed by atoms with Crippen LogP contribution in [-0.2, 0) is 9.59 Å². The third kappa shape index (κ3) is 4.69. The number of nitrogens with one attached hydrogen (secondary N) is 1. The Balaban J connectivity index is 1.80. The summed E-state index contributed by atoms with van der Waals surface area (Å²) in [5.74, 6) is -0.696. The molecule has 0 saturated carbocycles. The fourth-order valence-electron chi connectivity index (χ4n) is 3.90. The van der Waals surface area contributed by atoms with Gasteiger partial charge in [-0.1, -0.05) is 63.1 Å². The summed E-state index contributed by atoms with van der Waals surface area (Å²) in [5, 5.41) is 5.23. The molecular weight excluding hydrogens is 412 g/mol. The van der Waals surface area contributed by atoms with Crippen molar-refractivity contribution < 1.29 is 14.4 Å². The molecule has 0 aliphatic carbocycles. The van der Waals surface area contributed by atoms with E-state index in [1.165, 1.54) is 16.2 Å². The molecule has 1 aliphatic rings. The van der Waals surface area contributed by atoms with Gasteiger partial charge in [0.2, 0.25) is 5.91 Å². The van der Waals surface area contributed by atoms with Crippen molar-refractivity contribution in [3.63, 3.8) is 0 Å². The Bertz CT molecular complexity index is 951. The van der Waals surface area contributed by atoms with E-state index < -0.39 is 11.6 Å². The average Bonchev–Trinajstić information content (AvgIpc) is 3.33. The number of amides is 4. The van der Waals surface area contributed by atoms with Crippen LogP contribution in [0.25, 0.3) is 11.3 Å². The predicted octanol–water partition coefficient (Wildman–Crippen LogP) is 4.22. The van der Waals surface area contributed by atoms with Gasteiger partial charge in [-0.15, -0.1) is 17.9 Å². The summed E-state index contributed by atoms with van der Waals surface area (Å²) in [4.78, 5) is 45.9. The molecule has 1 fully saturated rings.